The van der Waals surface area contributed by atoms with Crippen LogP contribution in [-0.2, 0) is 9.84 Å². The van der Waals surface area contributed by atoms with Gasteiger partial charge in [-0.3, -0.25) is 0 Å². The van der Waals surface area contributed by atoms with Crippen molar-refractivity contribution in [3.05, 3.63) is 0 Å². The summed E-state index contributed by atoms with van der Waals surface area (Å²) in [6.07, 6.45) is 3.92. The molecule has 0 bridgehead atoms. The Morgan fingerprint density at radius 2 is 1.83 bits per heavy atom. The van der Waals surface area contributed by atoms with Crippen LogP contribution >= 0.6 is 0 Å². The zero-order valence-electron chi connectivity index (χ0n) is 7.17. The second-order valence-electron chi connectivity index (χ2n) is 3.89. The van der Waals surface area contributed by atoms with Gasteiger partial charge in [0.2, 0.25) is 0 Å². The van der Waals surface area contributed by atoms with E-state index in [9.17, 15) is 8.42 Å². The van der Waals surface area contributed by atoms with Crippen LogP contribution in [-0.4, -0.2) is 32.0 Å². The summed E-state index contributed by atoms with van der Waals surface area (Å²) in [4.78, 5) is 0. The molecule has 0 amide bonds. The van der Waals surface area contributed by atoms with Crippen LogP contribution in [0, 0.1) is 0 Å². The van der Waals surface area contributed by atoms with Crippen LogP contribution < -0.4 is 5.32 Å². The van der Waals surface area contributed by atoms with Gasteiger partial charge in [0.1, 0.15) is 0 Å². The molecule has 3 nitrogen and oxygen atoms in total. The molecule has 2 fully saturated rings. The van der Waals surface area contributed by atoms with E-state index in [-0.39, 0.29) is 4.75 Å². The third-order valence-corrected chi connectivity index (χ3v) is 5.78. The molecule has 70 valence electrons. The van der Waals surface area contributed by atoms with Crippen LogP contribution in [0.2, 0.25) is 0 Å². The lowest BCUT2D eigenvalue weighted by Gasteiger charge is -2.33. The number of hydrogen-bond donors (Lipinski definition) is 1. The Labute approximate surface area is 73.5 Å². The molecular weight excluding hydrogens is 174 g/mol. The number of sulfone groups is 1. The van der Waals surface area contributed by atoms with Gasteiger partial charge in [-0.1, -0.05) is 12.8 Å². The molecule has 1 saturated carbocycles. The van der Waals surface area contributed by atoms with Gasteiger partial charge in [0.05, 0.1) is 10.5 Å². The molecule has 4 heteroatoms. The van der Waals surface area contributed by atoms with Gasteiger partial charge in [-0.15, -0.1) is 0 Å². The standard InChI is InChI=1S/C8H15NO2S/c10-12(11)6-5-9-7-8(12)3-1-2-4-8/h9H,1-7H2. The van der Waals surface area contributed by atoms with Crippen molar-refractivity contribution in [3.8, 4) is 0 Å². The summed E-state index contributed by atoms with van der Waals surface area (Å²) in [5.74, 6) is 0.340. The van der Waals surface area contributed by atoms with Crippen LogP contribution in [0.3, 0.4) is 0 Å². The Hall–Kier alpha value is -0.0900. The minimum absolute atomic E-state index is 0.340. The van der Waals surface area contributed by atoms with Crippen LogP contribution in [0.25, 0.3) is 0 Å². The van der Waals surface area contributed by atoms with E-state index in [1.165, 1.54) is 0 Å². The van der Waals surface area contributed by atoms with Crippen LogP contribution in [0.5, 0.6) is 0 Å². The maximum atomic E-state index is 11.8. The van der Waals surface area contributed by atoms with Gasteiger partial charge in [-0.2, -0.15) is 0 Å². The normalized spacial score (nSPS) is 32.3. The monoisotopic (exact) mass is 189 g/mol. The molecule has 0 aromatic heterocycles. The van der Waals surface area contributed by atoms with E-state index in [1.807, 2.05) is 0 Å². The van der Waals surface area contributed by atoms with Crippen molar-refractivity contribution in [2.45, 2.75) is 30.4 Å². The first-order chi connectivity index (χ1) is 5.66. The summed E-state index contributed by atoms with van der Waals surface area (Å²) in [7, 11) is -2.79. The molecule has 1 aliphatic carbocycles. The summed E-state index contributed by atoms with van der Waals surface area (Å²) in [5, 5.41) is 3.19. The van der Waals surface area contributed by atoms with E-state index >= 15 is 0 Å². The highest BCUT2D eigenvalue weighted by atomic mass is 32.2. The molecule has 2 aliphatic rings. The zero-order chi connectivity index (χ0) is 8.66. The fraction of sp³-hybridized carbons (Fsp3) is 1.00. The topological polar surface area (TPSA) is 46.2 Å². The molecule has 1 aliphatic heterocycles. The first kappa shape index (κ1) is 8.51. The molecule has 1 heterocycles. The maximum Gasteiger partial charge on any atom is 0.158 e. The summed E-state index contributed by atoms with van der Waals surface area (Å²) >= 11 is 0. The van der Waals surface area contributed by atoms with Crippen LogP contribution in [0.15, 0.2) is 0 Å². The SMILES string of the molecule is O=S1(=O)CCNCC12CCCC2. The Bertz CT molecular complexity index is 265. The molecule has 0 aromatic rings. The molecule has 2 rings (SSSR count). The number of nitrogens with one attached hydrogen (secondary N) is 1. The molecule has 0 atom stereocenters. The van der Waals surface area contributed by atoms with E-state index < -0.39 is 9.84 Å². The quantitative estimate of drug-likeness (QED) is 0.597. The lowest BCUT2D eigenvalue weighted by molar-refractivity contribution is 0.461. The van der Waals surface area contributed by atoms with Crippen LogP contribution in [0.1, 0.15) is 25.7 Å². The molecule has 1 saturated heterocycles. The smallest absolute Gasteiger partial charge is 0.158 e. The van der Waals surface area contributed by atoms with Gasteiger partial charge in [-0.25, -0.2) is 8.42 Å². The predicted molar refractivity (Wildman–Crippen MR) is 47.9 cm³/mol. The lowest BCUT2D eigenvalue weighted by Crippen LogP contribution is -2.52. The minimum Gasteiger partial charge on any atom is -0.314 e. The maximum absolute atomic E-state index is 11.8. The average molecular weight is 189 g/mol. The van der Waals surface area contributed by atoms with E-state index in [0.29, 0.717) is 18.8 Å². The third kappa shape index (κ3) is 1.09. The van der Waals surface area contributed by atoms with Crippen molar-refractivity contribution in [3.63, 3.8) is 0 Å². The van der Waals surface area contributed by atoms with E-state index in [0.717, 1.165) is 25.7 Å². The van der Waals surface area contributed by atoms with Gasteiger partial charge in [0.25, 0.3) is 0 Å². The first-order valence-electron chi connectivity index (χ1n) is 4.59. The van der Waals surface area contributed by atoms with Gasteiger partial charge in [-0.05, 0) is 12.8 Å². The lowest BCUT2D eigenvalue weighted by atomic mass is 10.1. The second kappa shape index (κ2) is 2.70. The molecule has 0 aromatic carbocycles. The predicted octanol–water partition coefficient (Wildman–Crippen LogP) is 0.317. The Kier molecular flexibility index (Phi) is 1.92. The zero-order valence-corrected chi connectivity index (χ0v) is 7.99. The van der Waals surface area contributed by atoms with Gasteiger partial charge in [0.15, 0.2) is 9.84 Å². The highest BCUT2D eigenvalue weighted by Gasteiger charge is 2.46. The summed E-state index contributed by atoms with van der Waals surface area (Å²) < 4.78 is 23.2. The number of rotatable bonds is 0. The summed E-state index contributed by atoms with van der Waals surface area (Å²) in [5.41, 5.74) is 0. The molecule has 1 spiro atoms. The van der Waals surface area contributed by atoms with E-state index in [1.54, 1.807) is 0 Å². The van der Waals surface area contributed by atoms with Crippen molar-refractivity contribution < 1.29 is 8.42 Å². The van der Waals surface area contributed by atoms with Crippen LogP contribution in [0.4, 0.5) is 0 Å². The minimum atomic E-state index is -2.79. The molecule has 0 radical (unpaired) electrons. The molecule has 1 N–H and O–H groups in total. The van der Waals surface area contributed by atoms with Crippen molar-refractivity contribution in [2.75, 3.05) is 18.8 Å². The Morgan fingerprint density at radius 3 is 2.42 bits per heavy atom. The van der Waals surface area contributed by atoms with Crippen molar-refractivity contribution in [1.82, 2.24) is 5.32 Å². The van der Waals surface area contributed by atoms with Gasteiger partial charge >= 0.3 is 0 Å². The first-order valence-corrected chi connectivity index (χ1v) is 6.25. The fourth-order valence-electron chi connectivity index (χ4n) is 2.36. The number of hydrogen-bond acceptors (Lipinski definition) is 3. The molecule has 0 unspecified atom stereocenters. The Morgan fingerprint density at radius 1 is 1.17 bits per heavy atom. The summed E-state index contributed by atoms with van der Waals surface area (Å²) in [6, 6.07) is 0. The van der Waals surface area contributed by atoms with Gasteiger partial charge in [0, 0.05) is 13.1 Å². The molecular formula is C8H15NO2S. The van der Waals surface area contributed by atoms with Crippen molar-refractivity contribution in [2.24, 2.45) is 0 Å². The third-order valence-electron chi connectivity index (χ3n) is 3.17. The van der Waals surface area contributed by atoms with E-state index in [4.69, 9.17) is 0 Å². The Balaban J connectivity index is 2.32. The fourth-order valence-corrected chi connectivity index (χ4v) is 4.44. The molecule has 12 heavy (non-hydrogen) atoms. The highest BCUT2D eigenvalue weighted by molar-refractivity contribution is 7.92. The summed E-state index contributed by atoms with van der Waals surface area (Å²) in [6.45, 7) is 1.33. The average Bonchev–Trinajstić information content (AvgIpc) is 2.46. The van der Waals surface area contributed by atoms with Crippen molar-refractivity contribution >= 4 is 9.84 Å². The van der Waals surface area contributed by atoms with E-state index in [2.05, 4.69) is 5.32 Å². The van der Waals surface area contributed by atoms with Crippen molar-refractivity contribution in [1.29, 1.82) is 0 Å². The van der Waals surface area contributed by atoms with Gasteiger partial charge < -0.3 is 5.32 Å². The highest BCUT2D eigenvalue weighted by Crippen LogP contribution is 2.37. The second-order valence-corrected chi connectivity index (χ2v) is 6.39. The largest absolute Gasteiger partial charge is 0.314 e.